The Bertz CT molecular complexity index is 296. The Hall–Kier alpha value is -0.460. The van der Waals surface area contributed by atoms with Gasteiger partial charge in [-0.3, -0.25) is 0 Å². The summed E-state index contributed by atoms with van der Waals surface area (Å²) < 4.78 is 75.2. The number of halogens is 6. The zero-order chi connectivity index (χ0) is 13.6. The Balaban J connectivity index is 1.85. The van der Waals surface area contributed by atoms with Crippen LogP contribution in [0.3, 0.4) is 0 Å². The molecule has 18 heavy (non-hydrogen) atoms. The SMILES string of the molecule is FC(F)(F)C1CCC(NC2(C(F)(F)F)CC2)CC1. The summed E-state index contributed by atoms with van der Waals surface area (Å²) in [5, 5.41) is 2.53. The molecule has 2 saturated carbocycles. The minimum absolute atomic E-state index is 0.0374. The second-order valence-corrected chi connectivity index (χ2v) is 5.31. The standard InChI is InChI=1S/C11H15F6N/c12-10(13,14)7-1-3-8(4-2-7)18-9(5-6-9)11(15,16)17/h7-8,18H,1-6H2. The van der Waals surface area contributed by atoms with E-state index in [1.807, 2.05) is 0 Å². The van der Waals surface area contributed by atoms with Crippen LogP contribution in [0.2, 0.25) is 0 Å². The van der Waals surface area contributed by atoms with E-state index in [1.54, 1.807) is 0 Å². The van der Waals surface area contributed by atoms with Gasteiger partial charge in [0, 0.05) is 6.04 Å². The zero-order valence-electron chi connectivity index (χ0n) is 9.67. The number of hydrogen-bond acceptors (Lipinski definition) is 1. The summed E-state index contributed by atoms with van der Waals surface area (Å²) in [7, 11) is 0. The van der Waals surface area contributed by atoms with Gasteiger partial charge in [0.15, 0.2) is 0 Å². The van der Waals surface area contributed by atoms with Gasteiger partial charge < -0.3 is 5.32 Å². The van der Waals surface area contributed by atoms with Crippen LogP contribution in [0.5, 0.6) is 0 Å². The first-order chi connectivity index (χ1) is 8.14. The lowest BCUT2D eigenvalue weighted by Gasteiger charge is -2.33. The van der Waals surface area contributed by atoms with E-state index in [0.717, 1.165) is 0 Å². The van der Waals surface area contributed by atoms with Gasteiger partial charge in [-0.2, -0.15) is 26.3 Å². The smallest absolute Gasteiger partial charge is 0.301 e. The fraction of sp³-hybridized carbons (Fsp3) is 1.00. The molecule has 2 fully saturated rings. The second kappa shape index (κ2) is 4.28. The van der Waals surface area contributed by atoms with Gasteiger partial charge in [0.25, 0.3) is 0 Å². The van der Waals surface area contributed by atoms with Crippen molar-refractivity contribution in [3.05, 3.63) is 0 Å². The molecule has 0 aromatic heterocycles. The van der Waals surface area contributed by atoms with E-state index in [9.17, 15) is 26.3 Å². The largest absolute Gasteiger partial charge is 0.406 e. The van der Waals surface area contributed by atoms with Crippen LogP contribution >= 0.6 is 0 Å². The average molecular weight is 275 g/mol. The number of alkyl halides is 6. The normalized spacial score (nSPS) is 32.3. The molecular weight excluding hydrogens is 260 g/mol. The average Bonchev–Trinajstić information content (AvgIpc) is 2.97. The van der Waals surface area contributed by atoms with Gasteiger partial charge in [0.2, 0.25) is 0 Å². The fourth-order valence-electron chi connectivity index (χ4n) is 2.59. The first-order valence-electron chi connectivity index (χ1n) is 6.05. The summed E-state index contributed by atoms with van der Waals surface area (Å²) in [4.78, 5) is 0. The molecule has 0 aliphatic heterocycles. The van der Waals surface area contributed by atoms with Gasteiger partial charge in [-0.15, -0.1) is 0 Å². The van der Waals surface area contributed by atoms with Crippen molar-refractivity contribution < 1.29 is 26.3 Å². The molecule has 1 nitrogen and oxygen atoms in total. The highest BCUT2D eigenvalue weighted by molar-refractivity contribution is 5.09. The van der Waals surface area contributed by atoms with Crippen molar-refractivity contribution in [3.8, 4) is 0 Å². The molecule has 0 atom stereocenters. The minimum atomic E-state index is -4.30. The molecule has 0 unspecified atom stereocenters. The van der Waals surface area contributed by atoms with Crippen LogP contribution in [0.4, 0.5) is 26.3 Å². The summed E-state index contributed by atoms with van der Waals surface area (Å²) in [6, 6.07) is -0.437. The summed E-state index contributed by atoms with van der Waals surface area (Å²) >= 11 is 0. The van der Waals surface area contributed by atoms with Crippen molar-refractivity contribution >= 4 is 0 Å². The summed E-state index contributed by atoms with van der Waals surface area (Å²) in [6.07, 6.45) is -8.25. The third kappa shape index (κ3) is 2.75. The molecule has 0 spiro atoms. The number of nitrogens with one attached hydrogen (secondary N) is 1. The molecule has 0 saturated heterocycles. The number of hydrogen-bond donors (Lipinski definition) is 1. The van der Waals surface area contributed by atoms with E-state index >= 15 is 0 Å². The van der Waals surface area contributed by atoms with Crippen molar-refractivity contribution in [2.45, 2.75) is 62.5 Å². The molecule has 0 amide bonds. The number of rotatable bonds is 2. The van der Waals surface area contributed by atoms with E-state index in [-0.39, 0.29) is 38.5 Å². The zero-order valence-corrected chi connectivity index (χ0v) is 9.67. The van der Waals surface area contributed by atoms with E-state index < -0.39 is 29.9 Å². The molecule has 0 heterocycles. The highest BCUT2D eigenvalue weighted by Gasteiger charge is 2.63. The molecular formula is C11H15F6N. The van der Waals surface area contributed by atoms with Crippen molar-refractivity contribution in [1.29, 1.82) is 0 Å². The third-order valence-corrected chi connectivity index (χ3v) is 3.96. The van der Waals surface area contributed by atoms with E-state index in [4.69, 9.17) is 0 Å². The molecule has 2 rings (SSSR count). The van der Waals surface area contributed by atoms with Crippen LogP contribution in [-0.2, 0) is 0 Å². The molecule has 1 N–H and O–H groups in total. The van der Waals surface area contributed by atoms with E-state index in [0.29, 0.717) is 0 Å². The van der Waals surface area contributed by atoms with Gasteiger partial charge in [-0.05, 0) is 38.5 Å². The molecule has 2 aliphatic rings. The monoisotopic (exact) mass is 275 g/mol. The van der Waals surface area contributed by atoms with Crippen LogP contribution in [0, 0.1) is 5.92 Å². The Morgan fingerprint density at radius 2 is 1.33 bits per heavy atom. The van der Waals surface area contributed by atoms with Gasteiger partial charge in [0.1, 0.15) is 5.54 Å². The topological polar surface area (TPSA) is 12.0 Å². The van der Waals surface area contributed by atoms with Gasteiger partial charge >= 0.3 is 12.4 Å². The predicted molar refractivity (Wildman–Crippen MR) is 53.0 cm³/mol. The van der Waals surface area contributed by atoms with Crippen molar-refractivity contribution in [3.63, 3.8) is 0 Å². The molecule has 0 bridgehead atoms. The lowest BCUT2D eigenvalue weighted by Crippen LogP contribution is -2.51. The van der Waals surface area contributed by atoms with Crippen LogP contribution in [0.1, 0.15) is 38.5 Å². The maximum atomic E-state index is 12.7. The summed E-state index contributed by atoms with van der Waals surface area (Å²) in [5.74, 6) is -1.35. The highest BCUT2D eigenvalue weighted by Crippen LogP contribution is 2.50. The third-order valence-electron chi connectivity index (χ3n) is 3.96. The lowest BCUT2D eigenvalue weighted by molar-refractivity contribution is -0.186. The summed E-state index contributed by atoms with van der Waals surface area (Å²) in [6.45, 7) is 0. The molecule has 7 heteroatoms. The van der Waals surface area contributed by atoms with Crippen LogP contribution in [0.15, 0.2) is 0 Å². The van der Waals surface area contributed by atoms with Crippen LogP contribution in [-0.4, -0.2) is 23.9 Å². The second-order valence-electron chi connectivity index (χ2n) is 5.31. The lowest BCUT2D eigenvalue weighted by atomic mass is 9.85. The fourth-order valence-corrected chi connectivity index (χ4v) is 2.59. The maximum Gasteiger partial charge on any atom is 0.406 e. The van der Waals surface area contributed by atoms with Crippen molar-refractivity contribution in [1.82, 2.24) is 5.32 Å². The predicted octanol–water partition coefficient (Wildman–Crippen LogP) is 3.79. The highest BCUT2D eigenvalue weighted by atomic mass is 19.4. The Morgan fingerprint density at radius 1 is 0.833 bits per heavy atom. The van der Waals surface area contributed by atoms with E-state index in [2.05, 4.69) is 5.32 Å². The molecule has 0 aromatic carbocycles. The van der Waals surface area contributed by atoms with Gasteiger partial charge in [0.05, 0.1) is 5.92 Å². The maximum absolute atomic E-state index is 12.7. The quantitative estimate of drug-likeness (QED) is 0.756. The summed E-state index contributed by atoms with van der Waals surface area (Å²) in [5.41, 5.74) is -1.82. The van der Waals surface area contributed by atoms with E-state index in [1.165, 1.54) is 0 Å². The first-order valence-corrected chi connectivity index (χ1v) is 6.05. The van der Waals surface area contributed by atoms with Crippen molar-refractivity contribution in [2.75, 3.05) is 0 Å². The molecule has 106 valence electrons. The minimum Gasteiger partial charge on any atom is -0.301 e. The van der Waals surface area contributed by atoms with Crippen molar-refractivity contribution in [2.24, 2.45) is 5.92 Å². The van der Waals surface area contributed by atoms with Gasteiger partial charge in [-0.1, -0.05) is 0 Å². The molecule has 2 aliphatic carbocycles. The first kappa shape index (κ1) is 14.0. The molecule has 0 radical (unpaired) electrons. The Morgan fingerprint density at radius 3 is 1.67 bits per heavy atom. The Kier molecular flexibility index (Phi) is 3.32. The van der Waals surface area contributed by atoms with Gasteiger partial charge in [-0.25, -0.2) is 0 Å². The Labute approximate surface area is 101 Å². The van der Waals surface area contributed by atoms with Crippen LogP contribution in [0.25, 0.3) is 0 Å². The van der Waals surface area contributed by atoms with Crippen LogP contribution < -0.4 is 5.32 Å². The molecule has 0 aromatic rings.